The second kappa shape index (κ2) is 4.72. The van der Waals surface area contributed by atoms with Gasteiger partial charge in [-0.05, 0) is 30.3 Å². The van der Waals surface area contributed by atoms with Crippen LogP contribution < -0.4 is 5.73 Å². The Hall–Kier alpha value is -1.26. The van der Waals surface area contributed by atoms with Crippen LogP contribution in [0.3, 0.4) is 0 Å². The Labute approximate surface area is 101 Å². The molecule has 1 aromatic carbocycles. The van der Waals surface area contributed by atoms with Crippen LogP contribution in [0.15, 0.2) is 47.1 Å². The van der Waals surface area contributed by atoms with Crippen LogP contribution in [0.5, 0.6) is 0 Å². The summed E-state index contributed by atoms with van der Waals surface area (Å²) in [7, 11) is 0. The Balaban J connectivity index is 2.41. The molecular formula is C12H10BrFN2. The zero-order chi connectivity index (χ0) is 11.5. The average molecular weight is 281 g/mol. The van der Waals surface area contributed by atoms with E-state index >= 15 is 0 Å². The second-order valence-corrected chi connectivity index (χ2v) is 4.31. The van der Waals surface area contributed by atoms with Gasteiger partial charge in [0.2, 0.25) is 0 Å². The van der Waals surface area contributed by atoms with Crippen LogP contribution in [0, 0.1) is 5.82 Å². The predicted octanol–water partition coefficient (Wildman–Crippen LogP) is 3.03. The molecule has 2 nitrogen and oxygen atoms in total. The van der Waals surface area contributed by atoms with Crippen LogP contribution in [0.4, 0.5) is 4.39 Å². The highest BCUT2D eigenvalue weighted by Crippen LogP contribution is 2.23. The standard InChI is InChI=1S/C12H10BrFN2/c13-8-4-5-10(14)9(7-8)12(15)11-3-1-2-6-16-11/h1-7,12H,15H2. The van der Waals surface area contributed by atoms with Gasteiger partial charge in [0.25, 0.3) is 0 Å². The number of pyridine rings is 1. The van der Waals surface area contributed by atoms with Crippen LogP contribution in [0.1, 0.15) is 17.3 Å². The molecule has 2 aromatic rings. The van der Waals surface area contributed by atoms with Crippen molar-refractivity contribution in [2.24, 2.45) is 5.73 Å². The maximum Gasteiger partial charge on any atom is 0.128 e. The molecule has 0 saturated heterocycles. The average Bonchev–Trinajstić information content (AvgIpc) is 2.32. The summed E-state index contributed by atoms with van der Waals surface area (Å²) in [5.41, 5.74) is 7.05. The summed E-state index contributed by atoms with van der Waals surface area (Å²) in [6.45, 7) is 0. The first-order valence-corrected chi connectivity index (χ1v) is 5.59. The van der Waals surface area contributed by atoms with Gasteiger partial charge in [0.15, 0.2) is 0 Å². The molecule has 0 aliphatic heterocycles. The number of rotatable bonds is 2. The molecule has 0 aliphatic rings. The Kier molecular flexibility index (Phi) is 3.31. The van der Waals surface area contributed by atoms with Crippen molar-refractivity contribution < 1.29 is 4.39 Å². The first kappa shape index (κ1) is 11.2. The van der Waals surface area contributed by atoms with E-state index in [0.29, 0.717) is 11.3 Å². The van der Waals surface area contributed by atoms with Gasteiger partial charge in [0.1, 0.15) is 5.82 Å². The quantitative estimate of drug-likeness (QED) is 0.919. The van der Waals surface area contributed by atoms with E-state index in [4.69, 9.17) is 5.73 Å². The molecule has 1 aromatic heterocycles. The summed E-state index contributed by atoms with van der Waals surface area (Å²) in [5.74, 6) is -0.318. The van der Waals surface area contributed by atoms with Crippen molar-refractivity contribution in [2.75, 3.05) is 0 Å². The Morgan fingerprint density at radius 3 is 2.75 bits per heavy atom. The molecule has 0 saturated carbocycles. The van der Waals surface area contributed by atoms with Crippen LogP contribution >= 0.6 is 15.9 Å². The molecule has 0 amide bonds. The SMILES string of the molecule is NC(c1ccccn1)c1cc(Br)ccc1F. The van der Waals surface area contributed by atoms with E-state index in [1.165, 1.54) is 6.07 Å². The summed E-state index contributed by atoms with van der Waals surface area (Å²) in [6.07, 6.45) is 1.64. The molecule has 2 rings (SSSR count). The lowest BCUT2D eigenvalue weighted by Gasteiger charge is -2.12. The van der Waals surface area contributed by atoms with Gasteiger partial charge in [-0.3, -0.25) is 4.98 Å². The van der Waals surface area contributed by atoms with E-state index in [2.05, 4.69) is 20.9 Å². The van der Waals surface area contributed by atoms with E-state index < -0.39 is 6.04 Å². The number of nitrogens with zero attached hydrogens (tertiary/aromatic N) is 1. The van der Waals surface area contributed by atoms with E-state index in [-0.39, 0.29) is 5.82 Å². The number of halogens is 2. The molecule has 2 N–H and O–H groups in total. The third-order valence-electron chi connectivity index (χ3n) is 2.30. The van der Waals surface area contributed by atoms with Gasteiger partial charge >= 0.3 is 0 Å². The second-order valence-electron chi connectivity index (χ2n) is 3.40. The molecule has 16 heavy (non-hydrogen) atoms. The van der Waals surface area contributed by atoms with Gasteiger partial charge in [-0.15, -0.1) is 0 Å². The molecule has 0 bridgehead atoms. The highest BCUT2D eigenvalue weighted by molar-refractivity contribution is 9.10. The maximum absolute atomic E-state index is 13.6. The minimum absolute atomic E-state index is 0.318. The third kappa shape index (κ3) is 2.28. The molecule has 0 spiro atoms. The number of hydrogen-bond acceptors (Lipinski definition) is 2. The van der Waals surface area contributed by atoms with Crippen molar-refractivity contribution in [3.8, 4) is 0 Å². The van der Waals surface area contributed by atoms with E-state index in [0.717, 1.165) is 4.47 Å². The van der Waals surface area contributed by atoms with Gasteiger partial charge in [0.05, 0.1) is 11.7 Å². The minimum atomic E-state index is -0.543. The lowest BCUT2D eigenvalue weighted by Crippen LogP contribution is -2.14. The van der Waals surface area contributed by atoms with Crippen molar-refractivity contribution >= 4 is 15.9 Å². The van der Waals surface area contributed by atoms with Crippen LogP contribution in [-0.2, 0) is 0 Å². The van der Waals surface area contributed by atoms with E-state index in [1.54, 1.807) is 30.5 Å². The van der Waals surface area contributed by atoms with Crippen LogP contribution in [-0.4, -0.2) is 4.98 Å². The fraction of sp³-hybridized carbons (Fsp3) is 0.0833. The molecule has 4 heteroatoms. The van der Waals surface area contributed by atoms with Crippen molar-refractivity contribution in [2.45, 2.75) is 6.04 Å². The first-order chi connectivity index (χ1) is 7.68. The van der Waals surface area contributed by atoms with Gasteiger partial charge in [-0.25, -0.2) is 4.39 Å². The van der Waals surface area contributed by atoms with Crippen LogP contribution in [0.25, 0.3) is 0 Å². The first-order valence-electron chi connectivity index (χ1n) is 4.80. The highest BCUT2D eigenvalue weighted by atomic mass is 79.9. The molecule has 0 radical (unpaired) electrons. The predicted molar refractivity (Wildman–Crippen MR) is 64.4 cm³/mol. The number of hydrogen-bond donors (Lipinski definition) is 1. The van der Waals surface area contributed by atoms with Gasteiger partial charge in [0, 0.05) is 16.2 Å². The highest BCUT2D eigenvalue weighted by Gasteiger charge is 2.14. The van der Waals surface area contributed by atoms with Gasteiger partial charge in [-0.2, -0.15) is 0 Å². The summed E-state index contributed by atoms with van der Waals surface area (Å²) in [5, 5.41) is 0. The molecule has 1 atom stereocenters. The fourth-order valence-electron chi connectivity index (χ4n) is 1.47. The van der Waals surface area contributed by atoms with E-state index in [1.807, 2.05) is 6.07 Å². The minimum Gasteiger partial charge on any atom is -0.319 e. The van der Waals surface area contributed by atoms with Gasteiger partial charge in [-0.1, -0.05) is 22.0 Å². The number of aromatic nitrogens is 1. The van der Waals surface area contributed by atoms with E-state index in [9.17, 15) is 4.39 Å². The normalized spacial score (nSPS) is 12.4. The Morgan fingerprint density at radius 1 is 1.25 bits per heavy atom. The molecule has 82 valence electrons. The third-order valence-corrected chi connectivity index (χ3v) is 2.79. The zero-order valence-electron chi connectivity index (χ0n) is 8.40. The molecular weight excluding hydrogens is 271 g/mol. The fourth-order valence-corrected chi connectivity index (χ4v) is 1.85. The largest absolute Gasteiger partial charge is 0.319 e. The summed E-state index contributed by atoms with van der Waals surface area (Å²) >= 11 is 3.29. The number of benzene rings is 1. The van der Waals surface area contributed by atoms with Gasteiger partial charge < -0.3 is 5.73 Å². The summed E-state index contributed by atoms with van der Waals surface area (Å²) in [6, 6.07) is 9.58. The van der Waals surface area contributed by atoms with Crippen molar-refractivity contribution in [1.82, 2.24) is 4.98 Å². The number of nitrogens with two attached hydrogens (primary N) is 1. The molecule has 0 fully saturated rings. The summed E-state index contributed by atoms with van der Waals surface area (Å²) < 4.78 is 14.4. The lowest BCUT2D eigenvalue weighted by molar-refractivity contribution is 0.597. The Bertz CT molecular complexity index is 488. The van der Waals surface area contributed by atoms with Crippen molar-refractivity contribution in [3.05, 3.63) is 64.1 Å². The Morgan fingerprint density at radius 2 is 2.06 bits per heavy atom. The van der Waals surface area contributed by atoms with Crippen LogP contribution in [0.2, 0.25) is 0 Å². The monoisotopic (exact) mass is 280 g/mol. The summed E-state index contributed by atoms with van der Waals surface area (Å²) in [4.78, 5) is 4.12. The lowest BCUT2D eigenvalue weighted by atomic mass is 10.0. The molecule has 0 aliphatic carbocycles. The van der Waals surface area contributed by atoms with Crippen molar-refractivity contribution in [3.63, 3.8) is 0 Å². The van der Waals surface area contributed by atoms with Crippen molar-refractivity contribution in [1.29, 1.82) is 0 Å². The molecule has 1 heterocycles. The maximum atomic E-state index is 13.6. The zero-order valence-corrected chi connectivity index (χ0v) is 9.99. The molecule has 1 unspecified atom stereocenters. The topological polar surface area (TPSA) is 38.9 Å². The smallest absolute Gasteiger partial charge is 0.128 e.